The van der Waals surface area contributed by atoms with Crippen LogP contribution in [0.2, 0.25) is 0 Å². The first kappa shape index (κ1) is 13.4. The van der Waals surface area contributed by atoms with E-state index in [9.17, 15) is 4.79 Å². The number of ether oxygens (including phenoxy) is 1. The SMILES string of the molecule is CCCCN(C)C(=O)COC(C)(C)C. The van der Waals surface area contributed by atoms with Crippen LogP contribution in [0.5, 0.6) is 0 Å². The minimum atomic E-state index is -0.235. The summed E-state index contributed by atoms with van der Waals surface area (Å²) in [6.07, 6.45) is 2.16. The highest BCUT2D eigenvalue weighted by molar-refractivity contribution is 5.77. The Kier molecular flexibility index (Phi) is 5.77. The van der Waals surface area contributed by atoms with Crippen molar-refractivity contribution in [3.05, 3.63) is 0 Å². The summed E-state index contributed by atoms with van der Waals surface area (Å²) in [5.74, 6) is 0.0633. The van der Waals surface area contributed by atoms with Crippen molar-refractivity contribution in [2.45, 2.75) is 46.1 Å². The van der Waals surface area contributed by atoms with Crippen molar-refractivity contribution >= 4 is 5.91 Å². The van der Waals surface area contributed by atoms with Gasteiger partial charge >= 0.3 is 0 Å². The van der Waals surface area contributed by atoms with Gasteiger partial charge in [0.15, 0.2) is 0 Å². The van der Waals surface area contributed by atoms with Gasteiger partial charge < -0.3 is 9.64 Å². The van der Waals surface area contributed by atoms with E-state index in [2.05, 4.69) is 6.92 Å². The molecule has 0 radical (unpaired) electrons. The van der Waals surface area contributed by atoms with E-state index in [0.717, 1.165) is 19.4 Å². The van der Waals surface area contributed by atoms with E-state index in [1.54, 1.807) is 4.90 Å². The zero-order valence-corrected chi connectivity index (χ0v) is 10.1. The Morgan fingerprint density at radius 1 is 1.36 bits per heavy atom. The molecule has 0 saturated carbocycles. The van der Waals surface area contributed by atoms with Gasteiger partial charge in [0, 0.05) is 13.6 Å². The van der Waals surface area contributed by atoms with Gasteiger partial charge in [-0.25, -0.2) is 0 Å². The average Bonchev–Trinajstić information content (AvgIpc) is 2.09. The molecule has 0 atom stereocenters. The summed E-state index contributed by atoms with van der Waals surface area (Å²) >= 11 is 0. The van der Waals surface area contributed by atoms with Gasteiger partial charge in [0.1, 0.15) is 6.61 Å². The largest absolute Gasteiger partial charge is 0.366 e. The molecule has 0 aromatic heterocycles. The van der Waals surface area contributed by atoms with Gasteiger partial charge in [-0.2, -0.15) is 0 Å². The zero-order valence-electron chi connectivity index (χ0n) is 10.1. The van der Waals surface area contributed by atoms with E-state index in [1.807, 2.05) is 27.8 Å². The first-order valence-corrected chi connectivity index (χ1v) is 5.24. The lowest BCUT2D eigenvalue weighted by molar-refractivity contribution is -0.139. The molecule has 3 nitrogen and oxygen atoms in total. The third-order valence-electron chi connectivity index (χ3n) is 1.90. The lowest BCUT2D eigenvalue weighted by Gasteiger charge is -2.22. The number of likely N-dealkylation sites (N-methyl/N-ethyl adjacent to an activating group) is 1. The van der Waals surface area contributed by atoms with E-state index in [4.69, 9.17) is 4.74 Å². The third kappa shape index (κ3) is 6.89. The number of nitrogens with zero attached hydrogens (tertiary/aromatic N) is 1. The maximum Gasteiger partial charge on any atom is 0.248 e. The summed E-state index contributed by atoms with van der Waals surface area (Å²) < 4.78 is 5.40. The van der Waals surface area contributed by atoms with E-state index < -0.39 is 0 Å². The molecule has 84 valence electrons. The van der Waals surface area contributed by atoms with Crippen molar-refractivity contribution in [3.63, 3.8) is 0 Å². The fourth-order valence-electron chi connectivity index (χ4n) is 0.908. The minimum Gasteiger partial charge on any atom is -0.366 e. The molecule has 0 aliphatic carbocycles. The molecule has 0 spiro atoms. The number of carbonyl (C=O) groups excluding carboxylic acids is 1. The van der Waals surface area contributed by atoms with Crippen LogP contribution in [0.25, 0.3) is 0 Å². The van der Waals surface area contributed by atoms with Gasteiger partial charge in [0.25, 0.3) is 0 Å². The van der Waals surface area contributed by atoms with Gasteiger partial charge in [-0.15, -0.1) is 0 Å². The molecule has 0 bridgehead atoms. The maximum atomic E-state index is 11.5. The summed E-state index contributed by atoms with van der Waals surface area (Å²) in [6.45, 7) is 8.97. The first-order valence-electron chi connectivity index (χ1n) is 5.24. The second kappa shape index (κ2) is 6.02. The standard InChI is InChI=1S/C11H23NO2/c1-6-7-8-12(5)10(13)9-14-11(2,3)4/h6-9H2,1-5H3. The van der Waals surface area contributed by atoms with Gasteiger partial charge in [-0.05, 0) is 27.2 Å². The molecular weight excluding hydrogens is 178 g/mol. The average molecular weight is 201 g/mol. The fourth-order valence-corrected chi connectivity index (χ4v) is 0.908. The van der Waals surface area contributed by atoms with Gasteiger partial charge in [0.2, 0.25) is 5.91 Å². The van der Waals surface area contributed by atoms with Crippen LogP contribution in [-0.4, -0.2) is 36.6 Å². The predicted octanol–water partition coefficient (Wildman–Crippen LogP) is 2.06. The Morgan fingerprint density at radius 3 is 2.36 bits per heavy atom. The van der Waals surface area contributed by atoms with Gasteiger partial charge in [-0.3, -0.25) is 4.79 Å². The van der Waals surface area contributed by atoms with Crippen LogP contribution in [0.1, 0.15) is 40.5 Å². The van der Waals surface area contributed by atoms with Crippen molar-refractivity contribution in [1.29, 1.82) is 0 Å². The fraction of sp³-hybridized carbons (Fsp3) is 0.909. The molecule has 0 N–H and O–H groups in total. The monoisotopic (exact) mass is 201 g/mol. The first-order chi connectivity index (χ1) is 6.37. The highest BCUT2D eigenvalue weighted by atomic mass is 16.5. The summed E-state index contributed by atoms with van der Waals surface area (Å²) in [5, 5.41) is 0. The molecule has 0 aromatic carbocycles. The predicted molar refractivity (Wildman–Crippen MR) is 58.3 cm³/mol. The van der Waals surface area contributed by atoms with E-state index in [1.165, 1.54) is 0 Å². The number of hydrogen-bond donors (Lipinski definition) is 0. The molecule has 0 aliphatic rings. The summed E-state index contributed by atoms with van der Waals surface area (Å²) in [4.78, 5) is 13.2. The number of amides is 1. The lowest BCUT2D eigenvalue weighted by Crippen LogP contribution is -2.34. The number of hydrogen-bond acceptors (Lipinski definition) is 2. The van der Waals surface area contributed by atoms with Crippen molar-refractivity contribution in [1.82, 2.24) is 4.90 Å². The van der Waals surface area contributed by atoms with Crippen LogP contribution >= 0.6 is 0 Å². The second-order valence-electron chi connectivity index (χ2n) is 4.57. The van der Waals surface area contributed by atoms with Crippen molar-refractivity contribution < 1.29 is 9.53 Å². The lowest BCUT2D eigenvalue weighted by atomic mass is 10.2. The zero-order chi connectivity index (χ0) is 11.2. The number of unbranched alkanes of at least 4 members (excludes halogenated alkanes) is 1. The molecule has 0 fully saturated rings. The molecule has 0 aromatic rings. The van der Waals surface area contributed by atoms with E-state index in [-0.39, 0.29) is 18.1 Å². The highest BCUT2D eigenvalue weighted by Crippen LogP contribution is 2.06. The van der Waals surface area contributed by atoms with Crippen LogP contribution in [0.4, 0.5) is 0 Å². The number of carbonyl (C=O) groups is 1. The highest BCUT2D eigenvalue weighted by Gasteiger charge is 2.14. The summed E-state index contributed by atoms with van der Waals surface area (Å²) in [5.41, 5.74) is -0.235. The van der Waals surface area contributed by atoms with Crippen LogP contribution in [0, 0.1) is 0 Å². The Hall–Kier alpha value is -0.570. The Balaban J connectivity index is 3.73. The molecular formula is C11H23NO2. The third-order valence-corrected chi connectivity index (χ3v) is 1.90. The molecule has 0 unspecified atom stereocenters. The van der Waals surface area contributed by atoms with E-state index >= 15 is 0 Å². The minimum absolute atomic E-state index is 0.0633. The van der Waals surface area contributed by atoms with Crippen LogP contribution in [0.15, 0.2) is 0 Å². The van der Waals surface area contributed by atoms with Gasteiger partial charge in [-0.1, -0.05) is 13.3 Å². The topological polar surface area (TPSA) is 29.5 Å². The van der Waals surface area contributed by atoms with Crippen LogP contribution in [0.3, 0.4) is 0 Å². The van der Waals surface area contributed by atoms with Crippen molar-refractivity contribution in [2.24, 2.45) is 0 Å². The molecule has 14 heavy (non-hydrogen) atoms. The molecule has 0 rings (SSSR count). The Labute approximate surface area is 87.4 Å². The normalized spacial score (nSPS) is 11.5. The van der Waals surface area contributed by atoms with Crippen molar-refractivity contribution in [3.8, 4) is 0 Å². The smallest absolute Gasteiger partial charge is 0.248 e. The Morgan fingerprint density at radius 2 is 1.93 bits per heavy atom. The maximum absolute atomic E-state index is 11.5. The molecule has 3 heteroatoms. The second-order valence-corrected chi connectivity index (χ2v) is 4.57. The van der Waals surface area contributed by atoms with Crippen molar-refractivity contribution in [2.75, 3.05) is 20.2 Å². The molecule has 0 saturated heterocycles. The van der Waals surface area contributed by atoms with Gasteiger partial charge in [0.05, 0.1) is 5.60 Å². The molecule has 0 aliphatic heterocycles. The van der Waals surface area contributed by atoms with Crippen LogP contribution in [-0.2, 0) is 9.53 Å². The van der Waals surface area contributed by atoms with Crippen LogP contribution < -0.4 is 0 Å². The summed E-state index contributed by atoms with van der Waals surface area (Å²) in [7, 11) is 1.82. The summed E-state index contributed by atoms with van der Waals surface area (Å²) in [6, 6.07) is 0. The molecule has 0 heterocycles. The van der Waals surface area contributed by atoms with E-state index in [0.29, 0.717) is 0 Å². The number of rotatable bonds is 5. The molecule has 1 amide bonds. The quantitative estimate of drug-likeness (QED) is 0.681. The Bertz CT molecular complexity index is 173.